The van der Waals surface area contributed by atoms with E-state index in [0.717, 1.165) is 0 Å². The molecule has 23 heavy (non-hydrogen) atoms. The molecule has 2 nitrogen and oxygen atoms in total. The summed E-state index contributed by atoms with van der Waals surface area (Å²) >= 11 is 5.02. The number of hydrogen-bond donors (Lipinski definition) is 1. The Morgan fingerprint density at radius 1 is 0.957 bits per heavy atom. The van der Waals surface area contributed by atoms with Crippen LogP contribution in [-0.2, 0) is 4.74 Å². The van der Waals surface area contributed by atoms with Crippen molar-refractivity contribution in [2.24, 2.45) is 0 Å². The normalized spacial score (nSPS) is 14.1. The van der Waals surface area contributed by atoms with Gasteiger partial charge in [-0.1, -0.05) is 60.7 Å². The molecule has 0 saturated carbocycles. The van der Waals surface area contributed by atoms with Crippen molar-refractivity contribution in [3.8, 4) is 0 Å². The summed E-state index contributed by atoms with van der Waals surface area (Å²) < 4.78 is 41.8. The first-order valence-corrected chi connectivity index (χ1v) is 7.30. The van der Waals surface area contributed by atoms with Gasteiger partial charge in [-0.2, -0.15) is 13.2 Å². The second-order valence-corrected chi connectivity index (χ2v) is 5.37. The van der Waals surface area contributed by atoms with Crippen LogP contribution in [-0.4, -0.2) is 22.9 Å². The van der Waals surface area contributed by atoms with Gasteiger partial charge < -0.3 is 9.84 Å². The van der Waals surface area contributed by atoms with Crippen LogP contribution in [0.3, 0.4) is 0 Å². The summed E-state index contributed by atoms with van der Waals surface area (Å²) in [7, 11) is 0. The van der Waals surface area contributed by atoms with Gasteiger partial charge in [0.05, 0.1) is 12.0 Å². The second-order valence-electron chi connectivity index (χ2n) is 4.97. The molecule has 0 radical (unpaired) electrons. The molecule has 0 amide bonds. The van der Waals surface area contributed by atoms with Gasteiger partial charge in [0.15, 0.2) is 11.7 Å². The quantitative estimate of drug-likeness (QED) is 0.818. The minimum atomic E-state index is -4.48. The minimum Gasteiger partial charge on any atom is -0.477 e. The molecule has 2 atom stereocenters. The van der Waals surface area contributed by atoms with E-state index in [2.05, 4.69) is 0 Å². The third-order valence-electron chi connectivity index (χ3n) is 3.25. The maximum atomic E-state index is 12.4. The van der Waals surface area contributed by atoms with E-state index in [1.807, 2.05) is 0 Å². The molecule has 0 saturated heterocycles. The number of hydrogen-bond acceptors (Lipinski definition) is 3. The summed E-state index contributed by atoms with van der Waals surface area (Å²) in [5.74, 6) is -0.865. The molecule has 0 unspecified atom stereocenters. The summed E-state index contributed by atoms with van der Waals surface area (Å²) in [5, 5.41) is 10.3. The number of aliphatic hydroxyl groups is 1. The average molecular weight is 340 g/mol. The van der Waals surface area contributed by atoms with Gasteiger partial charge in [0.1, 0.15) is 0 Å². The predicted octanol–water partition coefficient (Wildman–Crippen LogP) is 4.41. The van der Waals surface area contributed by atoms with Crippen LogP contribution in [0.15, 0.2) is 60.7 Å². The summed E-state index contributed by atoms with van der Waals surface area (Å²) in [6, 6.07) is 17.3. The van der Waals surface area contributed by atoms with Crippen LogP contribution in [0.4, 0.5) is 13.2 Å². The molecular weight excluding hydrogens is 325 g/mol. The van der Waals surface area contributed by atoms with E-state index in [4.69, 9.17) is 17.0 Å². The topological polar surface area (TPSA) is 29.5 Å². The van der Waals surface area contributed by atoms with Gasteiger partial charge in [-0.3, -0.25) is 0 Å². The van der Waals surface area contributed by atoms with E-state index in [-0.39, 0.29) is 5.05 Å². The highest BCUT2D eigenvalue weighted by molar-refractivity contribution is 7.80. The maximum Gasteiger partial charge on any atom is 0.422 e. The van der Waals surface area contributed by atoms with Gasteiger partial charge in [0.2, 0.25) is 0 Å². The summed E-state index contributed by atoms with van der Waals surface area (Å²) in [6.07, 6.45) is -5.58. The zero-order valence-electron chi connectivity index (χ0n) is 12.0. The molecule has 0 aromatic heterocycles. The Hall–Kier alpha value is -1.92. The minimum absolute atomic E-state index is 0.287. The van der Waals surface area contributed by atoms with Crippen molar-refractivity contribution >= 4 is 17.3 Å². The molecule has 122 valence electrons. The fourth-order valence-electron chi connectivity index (χ4n) is 2.19. The Morgan fingerprint density at radius 3 is 1.91 bits per heavy atom. The third kappa shape index (κ3) is 5.04. The summed E-state index contributed by atoms with van der Waals surface area (Å²) in [5.41, 5.74) is 1.15. The van der Waals surface area contributed by atoms with E-state index in [1.54, 1.807) is 60.7 Å². The number of thiocarbonyl (C=S) groups is 1. The lowest BCUT2D eigenvalue weighted by Gasteiger charge is -2.25. The van der Waals surface area contributed by atoms with Crippen molar-refractivity contribution in [2.75, 3.05) is 6.61 Å². The summed E-state index contributed by atoms with van der Waals surface area (Å²) in [6.45, 7) is -1.48. The molecule has 2 aromatic carbocycles. The Labute approximate surface area is 137 Å². The van der Waals surface area contributed by atoms with E-state index >= 15 is 0 Å². The van der Waals surface area contributed by atoms with Crippen LogP contribution in [0, 0.1) is 0 Å². The van der Waals surface area contributed by atoms with Gasteiger partial charge in [-0.25, -0.2) is 0 Å². The average Bonchev–Trinajstić information content (AvgIpc) is 2.54. The highest BCUT2D eigenvalue weighted by Crippen LogP contribution is 2.33. The fourth-order valence-corrected chi connectivity index (χ4v) is 2.52. The molecule has 0 bridgehead atoms. The van der Waals surface area contributed by atoms with Crippen molar-refractivity contribution in [1.29, 1.82) is 0 Å². The molecule has 6 heteroatoms. The van der Waals surface area contributed by atoms with E-state index < -0.39 is 24.8 Å². The number of halogens is 3. The summed E-state index contributed by atoms with van der Waals surface area (Å²) in [4.78, 5) is 0. The number of aliphatic hydroxyl groups excluding tert-OH is 1. The first-order chi connectivity index (χ1) is 10.9. The highest BCUT2D eigenvalue weighted by atomic mass is 32.1. The molecule has 0 aliphatic carbocycles. The molecule has 1 N–H and O–H groups in total. The smallest absolute Gasteiger partial charge is 0.422 e. The molecule has 0 spiro atoms. The van der Waals surface area contributed by atoms with Gasteiger partial charge >= 0.3 is 6.18 Å². The van der Waals surface area contributed by atoms with Gasteiger partial charge in [-0.05, 0) is 23.3 Å². The number of ether oxygens (including phenoxy) is 1. The van der Waals surface area contributed by atoms with Crippen molar-refractivity contribution < 1.29 is 23.0 Å². The molecule has 0 heterocycles. The third-order valence-corrected chi connectivity index (χ3v) is 3.62. The van der Waals surface area contributed by atoms with Crippen molar-refractivity contribution in [3.05, 3.63) is 71.8 Å². The second kappa shape index (κ2) is 7.57. The standard InChI is InChI=1S/C17H15F3O2S/c18-17(19,20)11-22-16(23)14(12-7-3-1-4-8-12)15(21)13-9-5-2-6-10-13/h1-10,14-15,21H,11H2/t14-,15-/m1/s1. The van der Waals surface area contributed by atoms with E-state index in [0.29, 0.717) is 11.1 Å². The Morgan fingerprint density at radius 2 is 1.43 bits per heavy atom. The largest absolute Gasteiger partial charge is 0.477 e. The Balaban J connectivity index is 2.27. The zero-order valence-corrected chi connectivity index (χ0v) is 12.8. The van der Waals surface area contributed by atoms with Crippen molar-refractivity contribution in [3.63, 3.8) is 0 Å². The lowest BCUT2D eigenvalue weighted by atomic mass is 9.89. The molecule has 2 aromatic rings. The number of alkyl halides is 3. The first kappa shape index (κ1) is 17.4. The van der Waals surface area contributed by atoms with Gasteiger partial charge in [-0.15, -0.1) is 0 Å². The first-order valence-electron chi connectivity index (χ1n) is 6.90. The monoisotopic (exact) mass is 340 g/mol. The fraction of sp³-hybridized carbons (Fsp3) is 0.235. The van der Waals surface area contributed by atoms with Crippen molar-refractivity contribution in [1.82, 2.24) is 0 Å². The Kier molecular flexibility index (Phi) is 5.74. The number of rotatable bonds is 5. The molecular formula is C17H15F3O2S. The molecule has 0 aliphatic heterocycles. The maximum absolute atomic E-state index is 12.4. The lowest BCUT2D eigenvalue weighted by Crippen LogP contribution is -2.26. The van der Waals surface area contributed by atoms with Crippen molar-refractivity contribution in [2.45, 2.75) is 18.2 Å². The van der Waals surface area contributed by atoms with Crippen LogP contribution in [0.2, 0.25) is 0 Å². The molecule has 2 rings (SSSR count). The molecule has 0 fully saturated rings. The molecule has 0 aliphatic rings. The van der Waals surface area contributed by atoms with Gasteiger partial charge in [0, 0.05) is 0 Å². The predicted molar refractivity (Wildman–Crippen MR) is 85.2 cm³/mol. The highest BCUT2D eigenvalue weighted by Gasteiger charge is 2.33. The zero-order chi connectivity index (χ0) is 16.9. The van der Waals surface area contributed by atoms with Gasteiger partial charge in [0.25, 0.3) is 0 Å². The van der Waals surface area contributed by atoms with Crippen LogP contribution in [0.25, 0.3) is 0 Å². The SMILES string of the molecule is O[C@H](c1ccccc1)[C@H](C(=S)OCC(F)(F)F)c1ccccc1. The van der Waals surface area contributed by atoms with E-state index in [1.165, 1.54) is 0 Å². The van der Waals surface area contributed by atoms with E-state index in [9.17, 15) is 18.3 Å². The Bertz CT molecular complexity index is 629. The van der Waals surface area contributed by atoms with Crippen LogP contribution in [0.1, 0.15) is 23.1 Å². The van der Waals surface area contributed by atoms with Crippen LogP contribution < -0.4 is 0 Å². The number of benzene rings is 2. The van der Waals surface area contributed by atoms with Crippen LogP contribution in [0.5, 0.6) is 0 Å². The lowest BCUT2D eigenvalue weighted by molar-refractivity contribution is -0.156. The van der Waals surface area contributed by atoms with Crippen LogP contribution >= 0.6 is 12.2 Å².